The lowest BCUT2D eigenvalue weighted by atomic mass is 10.2. The van der Waals surface area contributed by atoms with Gasteiger partial charge in [0.25, 0.3) is 0 Å². The number of rotatable bonds is 7. The third-order valence-electron chi connectivity index (χ3n) is 2.80. The molecule has 0 spiro atoms. The fourth-order valence-electron chi connectivity index (χ4n) is 1.88. The molecule has 2 rings (SSSR count). The van der Waals surface area contributed by atoms with Crippen molar-refractivity contribution in [3.05, 3.63) is 36.1 Å². The Hall–Kier alpha value is -1.81. The average molecular weight is 246 g/mol. The number of fused-ring (bicyclic) bond motifs is 1. The highest BCUT2D eigenvalue weighted by atomic mass is 16.3. The van der Waals surface area contributed by atoms with Crippen molar-refractivity contribution < 1.29 is 9.21 Å². The van der Waals surface area contributed by atoms with Gasteiger partial charge in [0.1, 0.15) is 11.3 Å². The first-order valence-corrected chi connectivity index (χ1v) is 6.22. The van der Waals surface area contributed by atoms with Crippen molar-refractivity contribution >= 4 is 16.9 Å². The zero-order chi connectivity index (χ0) is 12.8. The molecule has 0 radical (unpaired) electrons. The van der Waals surface area contributed by atoms with Crippen LogP contribution in [0.1, 0.15) is 25.0 Å². The average Bonchev–Trinajstić information content (AvgIpc) is 2.75. The smallest absolute Gasteiger partial charge is 0.217 e. The van der Waals surface area contributed by atoms with E-state index in [1.165, 1.54) is 0 Å². The van der Waals surface area contributed by atoms with Crippen LogP contribution in [0.5, 0.6) is 0 Å². The summed E-state index contributed by atoms with van der Waals surface area (Å²) < 4.78 is 5.68. The van der Waals surface area contributed by atoms with Crippen LogP contribution in [-0.2, 0) is 11.3 Å². The molecular formula is C14H18N2O2. The zero-order valence-electron chi connectivity index (χ0n) is 10.3. The van der Waals surface area contributed by atoms with Crippen molar-refractivity contribution in [3.8, 4) is 0 Å². The van der Waals surface area contributed by atoms with Crippen LogP contribution in [0.2, 0.25) is 0 Å². The number of amides is 1. The van der Waals surface area contributed by atoms with E-state index in [0.29, 0.717) is 13.0 Å². The maximum atomic E-state index is 10.5. The summed E-state index contributed by atoms with van der Waals surface area (Å²) in [5.74, 6) is 0.707. The van der Waals surface area contributed by atoms with E-state index in [1.54, 1.807) is 0 Å². The lowest BCUT2D eigenvalue weighted by molar-refractivity contribution is -0.118. The van der Waals surface area contributed by atoms with E-state index in [2.05, 4.69) is 5.32 Å². The highest BCUT2D eigenvalue weighted by Crippen LogP contribution is 2.18. The number of para-hydroxylation sites is 1. The number of nitrogens with two attached hydrogens (primary N) is 1. The number of furan rings is 1. The highest BCUT2D eigenvalue weighted by Gasteiger charge is 2.02. The van der Waals surface area contributed by atoms with Crippen LogP contribution >= 0.6 is 0 Å². The van der Waals surface area contributed by atoms with Gasteiger partial charge in [0.05, 0.1) is 6.54 Å². The summed E-state index contributed by atoms with van der Waals surface area (Å²) >= 11 is 0. The molecule has 3 N–H and O–H groups in total. The highest BCUT2D eigenvalue weighted by molar-refractivity contribution is 5.77. The van der Waals surface area contributed by atoms with Gasteiger partial charge in [-0.2, -0.15) is 0 Å². The summed E-state index contributed by atoms with van der Waals surface area (Å²) in [5, 5.41) is 4.42. The fraction of sp³-hybridized carbons (Fsp3) is 0.357. The first kappa shape index (κ1) is 12.6. The monoisotopic (exact) mass is 246 g/mol. The Kier molecular flexibility index (Phi) is 4.36. The van der Waals surface area contributed by atoms with Gasteiger partial charge in [-0.1, -0.05) is 18.2 Å². The Balaban J connectivity index is 1.72. The van der Waals surface area contributed by atoms with Gasteiger partial charge in [-0.15, -0.1) is 0 Å². The van der Waals surface area contributed by atoms with Crippen LogP contribution in [0.4, 0.5) is 0 Å². The van der Waals surface area contributed by atoms with E-state index in [9.17, 15) is 4.79 Å². The second-order valence-electron chi connectivity index (χ2n) is 4.35. The molecule has 2 aromatic rings. The summed E-state index contributed by atoms with van der Waals surface area (Å²) in [5.41, 5.74) is 5.99. The predicted octanol–water partition coefficient (Wildman–Crippen LogP) is 2.18. The predicted molar refractivity (Wildman–Crippen MR) is 71.0 cm³/mol. The van der Waals surface area contributed by atoms with Crippen LogP contribution < -0.4 is 11.1 Å². The Labute approximate surface area is 106 Å². The van der Waals surface area contributed by atoms with Crippen molar-refractivity contribution in [3.63, 3.8) is 0 Å². The minimum Gasteiger partial charge on any atom is -0.460 e. The topological polar surface area (TPSA) is 68.3 Å². The van der Waals surface area contributed by atoms with Gasteiger partial charge in [0.2, 0.25) is 5.91 Å². The molecule has 1 heterocycles. The van der Waals surface area contributed by atoms with Gasteiger partial charge in [0.15, 0.2) is 0 Å². The third-order valence-corrected chi connectivity index (χ3v) is 2.80. The molecule has 0 aliphatic rings. The standard InChI is InChI=1S/C14H18N2O2/c15-14(17)7-3-4-8-16-10-12-9-11-5-1-2-6-13(11)18-12/h1-2,5-6,9,16H,3-4,7-8,10H2,(H2,15,17). The number of benzene rings is 1. The van der Waals surface area contributed by atoms with Crippen LogP contribution in [-0.4, -0.2) is 12.5 Å². The van der Waals surface area contributed by atoms with E-state index in [0.717, 1.165) is 36.1 Å². The Morgan fingerprint density at radius 1 is 1.28 bits per heavy atom. The third kappa shape index (κ3) is 3.60. The molecule has 0 bridgehead atoms. The van der Waals surface area contributed by atoms with Gasteiger partial charge in [-0.25, -0.2) is 0 Å². The van der Waals surface area contributed by atoms with Gasteiger partial charge in [-0.3, -0.25) is 4.79 Å². The molecule has 0 saturated carbocycles. The molecule has 4 nitrogen and oxygen atoms in total. The van der Waals surface area contributed by atoms with Crippen LogP contribution in [0, 0.1) is 0 Å². The van der Waals surface area contributed by atoms with Crippen LogP contribution in [0.15, 0.2) is 34.7 Å². The number of nitrogens with one attached hydrogen (secondary N) is 1. The number of carbonyl (C=O) groups excluding carboxylic acids is 1. The van der Waals surface area contributed by atoms with Gasteiger partial charge >= 0.3 is 0 Å². The molecule has 1 aromatic heterocycles. The SMILES string of the molecule is NC(=O)CCCCNCc1cc2ccccc2o1. The molecule has 0 saturated heterocycles. The maximum absolute atomic E-state index is 10.5. The molecular weight excluding hydrogens is 228 g/mol. The molecule has 1 amide bonds. The molecule has 0 aliphatic heterocycles. The number of unbranched alkanes of at least 4 members (excludes halogenated alkanes) is 1. The summed E-state index contributed by atoms with van der Waals surface area (Å²) in [4.78, 5) is 10.5. The molecule has 0 unspecified atom stereocenters. The zero-order valence-corrected chi connectivity index (χ0v) is 10.3. The Bertz CT molecular complexity index is 486. The minimum absolute atomic E-state index is 0.229. The lowest BCUT2D eigenvalue weighted by Gasteiger charge is -2.01. The summed E-state index contributed by atoms with van der Waals surface area (Å²) in [6.45, 7) is 1.58. The molecule has 18 heavy (non-hydrogen) atoms. The van der Waals surface area contributed by atoms with E-state index in [4.69, 9.17) is 10.2 Å². The van der Waals surface area contributed by atoms with E-state index in [-0.39, 0.29) is 5.91 Å². The Morgan fingerprint density at radius 3 is 2.89 bits per heavy atom. The second-order valence-corrected chi connectivity index (χ2v) is 4.35. The molecule has 96 valence electrons. The summed E-state index contributed by atoms with van der Waals surface area (Å²) in [7, 11) is 0. The van der Waals surface area contributed by atoms with Crippen molar-refractivity contribution in [2.45, 2.75) is 25.8 Å². The first-order valence-electron chi connectivity index (χ1n) is 6.22. The van der Waals surface area contributed by atoms with E-state index in [1.807, 2.05) is 30.3 Å². The molecule has 0 atom stereocenters. The van der Waals surface area contributed by atoms with Gasteiger partial charge < -0.3 is 15.5 Å². The fourth-order valence-corrected chi connectivity index (χ4v) is 1.88. The van der Waals surface area contributed by atoms with Crippen LogP contribution in [0.25, 0.3) is 11.0 Å². The minimum atomic E-state index is -0.229. The van der Waals surface area contributed by atoms with Crippen molar-refractivity contribution in [2.75, 3.05) is 6.54 Å². The van der Waals surface area contributed by atoms with Crippen molar-refractivity contribution in [2.24, 2.45) is 5.73 Å². The van der Waals surface area contributed by atoms with Crippen molar-refractivity contribution in [1.29, 1.82) is 0 Å². The molecule has 1 aromatic carbocycles. The number of hydrogen-bond acceptors (Lipinski definition) is 3. The van der Waals surface area contributed by atoms with E-state index < -0.39 is 0 Å². The van der Waals surface area contributed by atoms with Crippen LogP contribution in [0.3, 0.4) is 0 Å². The quantitative estimate of drug-likeness (QED) is 0.736. The molecule has 0 aliphatic carbocycles. The van der Waals surface area contributed by atoms with Crippen molar-refractivity contribution in [1.82, 2.24) is 5.32 Å². The normalized spacial score (nSPS) is 10.9. The van der Waals surface area contributed by atoms with E-state index >= 15 is 0 Å². The molecule has 4 heteroatoms. The van der Waals surface area contributed by atoms with Gasteiger partial charge in [0, 0.05) is 11.8 Å². The lowest BCUT2D eigenvalue weighted by Crippen LogP contribution is -2.15. The maximum Gasteiger partial charge on any atom is 0.217 e. The van der Waals surface area contributed by atoms with Gasteiger partial charge in [-0.05, 0) is 31.5 Å². The summed E-state index contributed by atoms with van der Waals surface area (Å²) in [6, 6.07) is 10.0. The molecule has 0 fully saturated rings. The largest absolute Gasteiger partial charge is 0.460 e. The number of carbonyl (C=O) groups is 1. The first-order chi connectivity index (χ1) is 8.75. The summed E-state index contributed by atoms with van der Waals surface area (Å²) in [6.07, 6.45) is 2.25. The number of primary amides is 1. The number of hydrogen-bond donors (Lipinski definition) is 2. The second kappa shape index (κ2) is 6.21. The Morgan fingerprint density at radius 2 is 2.11 bits per heavy atom.